The van der Waals surface area contributed by atoms with Crippen molar-refractivity contribution in [2.75, 3.05) is 6.61 Å². The smallest absolute Gasteiger partial charge is 0.250 e. The second-order valence-electron chi connectivity index (χ2n) is 3.09. The van der Waals surface area contributed by atoms with Crippen molar-refractivity contribution >= 4 is 17.5 Å². The zero-order chi connectivity index (χ0) is 11.4. The minimum atomic E-state index is -0.757. The number of hydrogen-bond donors (Lipinski definition) is 2. The van der Waals surface area contributed by atoms with Crippen LogP contribution in [0.15, 0.2) is 12.1 Å². The molecule has 1 rings (SSSR count). The molecule has 3 N–H and O–H groups in total. The summed E-state index contributed by atoms with van der Waals surface area (Å²) in [6.45, 7) is -0.0192. The Morgan fingerprint density at radius 2 is 2.20 bits per heavy atom. The number of halogens is 2. The van der Waals surface area contributed by atoms with E-state index in [0.717, 1.165) is 0 Å². The Morgan fingerprint density at radius 3 is 2.73 bits per heavy atom. The lowest BCUT2D eigenvalue weighted by Gasteiger charge is -2.06. The highest BCUT2D eigenvalue weighted by Crippen LogP contribution is 2.23. The molecule has 0 heterocycles. The first-order valence-corrected chi connectivity index (χ1v) is 4.83. The average molecular weight is 232 g/mol. The highest BCUT2D eigenvalue weighted by Gasteiger charge is 2.14. The number of hydrogen-bond acceptors (Lipinski definition) is 2. The molecule has 0 saturated carbocycles. The van der Waals surface area contributed by atoms with E-state index in [1.54, 1.807) is 0 Å². The summed E-state index contributed by atoms with van der Waals surface area (Å²) in [5.41, 5.74) is 5.35. The van der Waals surface area contributed by atoms with Gasteiger partial charge in [0.2, 0.25) is 5.91 Å². The fourth-order valence-corrected chi connectivity index (χ4v) is 1.52. The molecular formula is C10H11ClFNO2. The summed E-state index contributed by atoms with van der Waals surface area (Å²) < 4.78 is 13.5. The number of rotatable bonds is 4. The molecule has 0 aliphatic carbocycles. The molecule has 0 unspecified atom stereocenters. The molecule has 82 valence electrons. The topological polar surface area (TPSA) is 63.3 Å². The van der Waals surface area contributed by atoms with Crippen LogP contribution in [0.25, 0.3) is 0 Å². The van der Waals surface area contributed by atoms with Crippen molar-refractivity contribution in [2.45, 2.75) is 12.8 Å². The number of benzene rings is 1. The van der Waals surface area contributed by atoms with Crippen LogP contribution in [-0.2, 0) is 6.42 Å². The molecule has 0 aliphatic rings. The summed E-state index contributed by atoms with van der Waals surface area (Å²) in [6.07, 6.45) is 0.824. The van der Waals surface area contributed by atoms with Gasteiger partial charge in [-0.2, -0.15) is 0 Å². The van der Waals surface area contributed by atoms with Crippen LogP contribution in [0.3, 0.4) is 0 Å². The van der Waals surface area contributed by atoms with Gasteiger partial charge in [-0.3, -0.25) is 4.79 Å². The molecule has 0 saturated heterocycles. The number of amides is 1. The van der Waals surface area contributed by atoms with E-state index < -0.39 is 11.7 Å². The largest absolute Gasteiger partial charge is 0.396 e. The fraction of sp³-hybridized carbons (Fsp3) is 0.300. The molecule has 0 radical (unpaired) electrons. The van der Waals surface area contributed by atoms with Gasteiger partial charge in [0.15, 0.2) is 0 Å². The van der Waals surface area contributed by atoms with E-state index in [9.17, 15) is 9.18 Å². The second-order valence-corrected chi connectivity index (χ2v) is 3.47. The Hall–Kier alpha value is -1.13. The molecule has 5 heteroatoms. The van der Waals surface area contributed by atoms with Gasteiger partial charge in [-0.05, 0) is 24.5 Å². The van der Waals surface area contributed by atoms with E-state index in [1.165, 1.54) is 12.1 Å². The summed E-state index contributed by atoms with van der Waals surface area (Å²) >= 11 is 5.63. The molecule has 15 heavy (non-hydrogen) atoms. The van der Waals surface area contributed by atoms with Gasteiger partial charge >= 0.3 is 0 Å². The number of carbonyl (C=O) groups excluding carboxylic acids is 1. The normalized spacial score (nSPS) is 10.3. The summed E-state index contributed by atoms with van der Waals surface area (Å²) in [6, 6.07) is 2.84. The molecule has 0 aromatic heterocycles. The van der Waals surface area contributed by atoms with Crippen molar-refractivity contribution in [1.29, 1.82) is 0 Å². The number of aryl methyl sites for hydroxylation is 1. The maximum absolute atomic E-state index is 13.5. The first-order chi connectivity index (χ1) is 7.07. The van der Waals surface area contributed by atoms with Crippen LogP contribution in [0.2, 0.25) is 5.02 Å². The number of carbonyl (C=O) groups is 1. The molecule has 0 aliphatic heterocycles. The molecule has 1 aromatic rings. The number of aliphatic hydroxyl groups excluding tert-OH is 1. The SMILES string of the molecule is NC(=O)c1ccc(CCCO)c(F)c1Cl. The Morgan fingerprint density at radius 1 is 1.53 bits per heavy atom. The molecule has 0 bridgehead atoms. The third-order valence-electron chi connectivity index (χ3n) is 2.03. The number of nitrogens with two attached hydrogens (primary N) is 1. The van der Waals surface area contributed by atoms with Crippen molar-refractivity contribution in [3.05, 3.63) is 34.1 Å². The minimum Gasteiger partial charge on any atom is -0.396 e. The lowest BCUT2D eigenvalue weighted by Crippen LogP contribution is -2.12. The van der Waals surface area contributed by atoms with Crippen molar-refractivity contribution in [3.63, 3.8) is 0 Å². The maximum atomic E-state index is 13.5. The van der Waals surface area contributed by atoms with Crippen LogP contribution in [0.5, 0.6) is 0 Å². The second kappa shape index (κ2) is 5.09. The maximum Gasteiger partial charge on any atom is 0.250 e. The van der Waals surface area contributed by atoms with Crippen molar-refractivity contribution < 1.29 is 14.3 Å². The van der Waals surface area contributed by atoms with Gasteiger partial charge < -0.3 is 10.8 Å². The lowest BCUT2D eigenvalue weighted by molar-refractivity contribution is 0.1000. The van der Waals surface area contributed by atoms with Crippen molar-refractivity contribution in [3.8, 4) is 0 Å². The first kappa shape index (κ1) is 11.9. The molecule has 1 aromatic carbocycles. The monoisotopic (exact) mass is 231 g/mol. The molecule has 1 amide bonds. The standard InChI is InChI=1S/C10H11ClFNO2/c11-8-7(10(13)15)4-3-6(9(8)12)2-1-5-14/h3-4,14H,1-2,5H2,(H2,13,15). The van der Waals surface area contributed by atoms with Crippen molar-refractivity contribution in [1.82, 2.24) is 0 Å². The molecule has 3 nitrogen and oxygen atoms in total. The van der Waals surface area contributed by atoms with Gasteiger partial charge in [-0.25, -0.2) is 4.39 Å². The summed E-state index contributed by atoms with van der Waals surface area (Å²) in [5.74, 6) is -1.39. The van der Waals surface area contributed by atoms with Gasteiger partial charge in [-0.1, -0.05) is 17.7 Å². The first-order valence-electron chi connectivity index (χ1n) is 4.45. The Bertz CT molecular complexity index is 382. The highest BCUT2D eigenvalue weighted by molar-refractivity contribution is 6.34. The van der Waals surface area contributed by atoms with Crippen LogP contribution in [0.1, 0.15) is 22.3 Å². The zero-order valence-corrected chi connectivity index (χ0v) is 8.72. The van der Waals surface area contributed by atoms with E-state index in [2.05, 4.69) is 0 Å². The number of aliphatic hydroxyl groups is 1. The van der Waals surface area contributed by atoms with Crippen LogP contribution < -0.4 is 5.73 Å². The van der Waals surface area contributed by atoms with E-state index in [1.807, 2.05) is 0 Å². The Balaban J connectivity index is 3.04. The predicted molar refractivity (Wildman–Crippen MR) is 55.3 cm³/mol. The lowest BCUT2D eigenvalue weighted by atomic mass is 10.1. The van der Waals surface area contributed by atoms with Gasteiger partial charge in [0.05, 0.1) is 10.6 Å². The predicted octanol–water partition coefficient (Wildman–Crippen LogP) is 1.50. The van der Waals surface area contributed by atoms with E-state index >= 15 is 0 Å². The van der Waals surface area contributed by atoms with Gasteiger partial charge in [0.25, 0.3) is 0 Å². The highest BCUT2D eigenvalue weighted by atomic mass is 35.5. The van der Waals surface area contributed by atoms with Crippen LogP contribution in [0, 0.1) is 5.82 Å². The average Bonchev–Trinajstić information content (AvgIpc) is 2.20. The van der Waals surface area contributed by atoms with Gasteiger partial charge in [0.1, 0.15) is 5.82 Å². The summed E-state index contributed by atoms with van der Waals surface area (Å²) in [5, 5.41) is 8.35. The third-order valence-corrected chi connectivity index (χ3v) is 2.40. The van der Waals surface area contributed by atoms with Crippen molar-refractivity contribution in [2.24, 2.45) is 5.73 Å². The van der Waals surface area contributed by atoms with Crippen LogP contribution >= 0.6 is 11.6 Å². The number of primary amides is 1. The minimum absolute atomic E-state index is 0.0192. The quantitative estimate of drug-likeness (QED) is 0.825. The van der Waals surface area contributed by atoms with Crippen LogP contribution in [-0.4, -0.2) is 17.6 Å². The van der Waals surface area contributed by atoms with E-state index in [0.29, 0.717) is 18.4 Å². The summed E-state index contributed by atoms with van der Waals surface area (Å²) in [4.78, 5) is 10.8. The third kappa shape index (κ3) is 2.67. The fourth-order valence-electron chi connectivity index (χ4n) is 1.24. The molecule has 0 spiro atoms. The van der Waals surface area contributed by atoms with Gasteiger partial charge in [0, 0.05) is 6.61 Å². The molecule has 0 fully saturated rings. The molecule has 0 atom stereocenters. The zero-order valence-electron chi connectivity index (χ0n) is 7.96. The van der Waals surface area contributed by atoms with E-state index in [-0.39, 0.29) is 17.2 Å². The van der Waals surface area contributed by atoms with Crippen LogP contribution in [0.4, 0.5) is 4.39 Å². The summed E-state index contributed by atoms with van der Waals surface area (Å²) in [7, 11) is 0. The van der Waals surface area contributed by atoms with Gasteiger partial charge in [-0.15, -0.1) is 0 Å². The van der Waals surface area contributed by atoms with E-state index in [4.69, 9.17) is 22.4 Å². The molecular weight excluding hydrogens is 221 g/mol. The Kier molecular flexibility index (Phi) is 4.05. The Labute approximate surface area is 91.7 Å².